The first-order valence-electron chi connectivity index (χ1n) is 18.2. The van der Waals surface area contributed by atoms with Crippen molar-refractivity contribution in [2.24, 2.45) is 0 Å². The second kappa shape index (κ2) is 25.6. The summed E-state index contributed by atoms with van der Waals surface area (Å²) in [6, 6.07) is 7.77. The van der Waals surface area contributed by atoms with Crippen LogP contribution in [0.5, 0.6) is 0 Å². The van der Waals surface area contributed by atoms with Crippen LogP contribution in [0.2, 0.25) is 0 Å². The predicted octanol–water partition coefficient (Wildman–Crippen LogP) is 8.26. The van der Waals surface area contributed by atoms with Crippen LogP contribution in [-0.2, 0) is 13.1 Å². The van der Waals surface area contributed by atoms with Crippen molar-refractivity contribution in [3.05, 3.63) is 60.2 Å². The molecule has 0 unspecified atom stereocenters. The lowest BCUT2D eigenvalue weighted by Gasteiger charge is -2.05. The van der Waals surface area contributed by atoms with Gasteiger partial charge in [0.15, 0.2) is 24.8 Å². The van der Waals surface area contributed by atoms with E-state index in [1.54, 1.807) is 0 Å². The minimum Gasteiger partial charge on any atom is -0.352 e. The maximum Gasteiger partial charge on any atom is 0.251 e. The molecule has 0 aliphatic rings. The lowest BCUT2D eigenvalue weighted by molar-refractivity contribution is -0.697. The molecule has 0 aliphatic heterocycles. The number of amides is 2. The van der Waals surface area contributed by atoms with Gasteiger partial charge >= 0.3 is 0 Å². The molecule has 0 atom stereocenters. The molecule has 2 rings (SSSR count). The molecule has 2 aromatic rings. The number of pyridine rings is 2. The van der Waals surface area contributed by atoms with Crippen LogP contribution in [0.25, 0.3) is 0 Å². The SMILES string of the molecule is CCCCCCCCNC(=O)c1cc[n+](CCCCCCCCCC[n+]2ccc(C(=O)NCCCCCCCC)cc2)cc1. The minimum absolute atomic E-state index is 0.0422. The maximum absolute atomic E-state index is 12.4. The fraction of sp³-hybridized carbons (Fsp3) is 0.684. The van der Waals surface area contributed by atoms with E-state index in [2.05, 4.69) is 33.6 Å². The van der Waals surface area contributed by atoms with Crippen molar-refractivity contribution in [3.63, 3.8) is 0 Å². The Bertz CT molecular complexity index is 909. The smallest absolute Gasteiger partial charge is 0.251 e. The van der Waals surface area contributed by atoms with Crippen LogP contribution in [0.15, 0.2) is 49.1 Å². The molecule has 2 aromatic heterocycles. The van der Waals surface area contributed by atoms with E-state index < -0.39 is 0 Å². The molecule has 0 aromatic carbocycles. The zero-order valence-electron chi connectivity index (χ0n) is 28.3. The fourth-order valence-corrected chi connectivity index (χ4v) is 5.58. The topological polar surface area (TPSA) is 66.0 Å². The van der Waals surface area contributed by atoms with Crippen molar-refractivity contribution in [1.29, 1.82) is 0 Å². The summed E-state index contributed by atoms with van der Waals surface area (Å²) in [5.74, 6) is 0.0844. The summed E-state index contributed by atoms with van der Waals surface area (Å²) in [7, 11) is 0. The summed E-state index contributed by atoms with van der Waals surface area (Å²) in [4.78, 5) is 24.7. The minimum atomic E-state index is 0.0422. The van der Waals surface area contributed by atoms with Gasteiger partial charge in [-0.15, -0.1) is 0 Å². The fourth-order valence-electron chi connectivity index (χ4n) is 5.58. The van der Waals surface area contributed by atoms with Gasteiger partial charge in [-0.1, -0.05) is 104 Å². The molecule has 6 nitrogen and oxygen atoms in total. The molecule has 0 saturated heterocycles. The third-order valence-electron chi connectivity index (χ3n) is 8.52. The molecule has 0 saturated carbocycles. The second-order valence-electron chi connectivity index (χ2n) is 12.5. The first-order valence-corrected chi connectivity index (χ1v) is 18.2. The van der Waals surface area contributed by atoms with Gasteiger partial charge in [-0.05, 0) is 25.7 Å². The summed E-state index contributed by atoms with van der Waals surface area (Å²) < 4.78 is 4.38. The quantitative estimate of drug-likeness (QED) is 0.0792. The van der Waals surface area contributed by atoms with E-state index in [4.69, 9.17) is 0 Å². The van der Waals surface area contributed by atoms with Gasteiger partial charge in [0.05, 0.1) is 11.1 Å². The normalized spacial score (nSPS) is 11.0. The average Bonchev–Trinajstić information content (AvgIpc) is 3.05. The zero-order valence-corrected chi connectivity index (χ0v) is 28.3. The lowest BCUT2D eigenvalue weighted by atomic mass is 10.1. The molecule has 0 aliphatic carbocycles. The highest BCUT2D eigenvalue weighted by Crippen LogP contribution is 2.09. The molecule has 0 fully saturated rings. The molecule has 2 amide bonds. The third-order valence-corrected chi connectivity index (χ3v) is 8.52. The van der Waals surface area contributed by atoms with E-state index >= 15 is 0 Å². The van der Waals surface area contributed by atoms with E-state index in [0.29, 0.717) is 0 Å². The lowest BCUT2D eigenvalue weighted by Crippen LogP contribution is -2.33. The summed E-state index contributed by atoms with van der Waals surface area (Å²) in [6.45, 7) is 8.03. The number of nitrogens with one attached hydrogen (secondary N) is 2. The van der Waals surface area contributed by atoms with Crippen molar-refractivity contribution in [1.82, 2.24) is 10.6 Å². The Hall–Kier alpha value is -2.76. The maximum atomic E-state index is 12.4. The van der Waals surface area contributed by atoms with Gasteiger partial charge in [-0.3, -0.25) is 9.59 Å². The van der Waals surface area contributed by atoms with Crippen LogP contribution in [0.3, 0.4) is 0 Å². The Balaban J connectivity index is 1.43. The first kappa shape index (κ1) is 37.4. The Kier molecular flexibility index (Phi) is 21.7. The molecular formula is C38H64N4O2+2. The predicted molar refractivity (Wildman–Crippen MR) is 182 cm³/mol. The molecule has 0 radical (unpaired) electrons. The van der Waals surface area contributed by atoms with Crippen LogP contribution in [0.4, 0.5) is 0 Å². The summed E-state index contributed by atoms with van der Waals surface area (Å²) in [5, 5.41) is 6.11. The highest BCUT2D eigenvalue weighted by atomic mass is 16.2. The van der Waals surface area contributed by atoms with Gasteiger partial charge in [-0.2, -0.15) is 0 Å². The Labute approximate surface area is 269 Å². The van der Waals surface area contributed by atoms with Crippen LogP contribution < -0.4 is 19.8 Å². The second-order valence-corrected chi connectivity index (χ2v) is 12.5. The number of unbranched alkanes of at least 4 members (excludes halogenated alkanes) is 17. The number of carbonyl (C=O) groups excluding carboxylic acids is 2. The summed E-state index contributed by atoms with van der Waals surface area (Å²) in [5.41, 5.74) is 1.51. The van der Waals surface area contributed by atoms with Crippen LogP contribution in [0.1, 0.15) is 163 Å². The number of carbonyl (C=O) groups is 2. The standard InChI is InChI=1S/C38H62N4O2/c1-3-5-7-9-15-19-27-39-37(43)35-23-31-41(32-24-35)29-21-17-13-11-12-14-18-22-30-42-33-25-36(26-34-42)38(44)40-28-20-16-10-8-6-4-2/h23-26,31-34H,3-22,27-30H2,1-2H3/p+2. The van der Waals surface area contributed by atoms with Gasteiger partial charge in [0.25, 0.3) is 11.8 Å². The summed E-state index contributed by atoms with van der Waals surface area (Å²) in [6.07, 6.45) is 33.1. The monoisotopic (exact) mass is 609 g/mol. The van der Waals surface area contributed by atoms with E-state index in [9.17, 15) is 9.59 Å². The van der Waals surface area contributed by atoms with Gasteiger partial charge in [0, 0.05) is 50.2 Å². The third kappa shape index (κ3) is 18.1. The van der Waals surface area contributed by atoms with Gasteiger partial charge in [-0.25, -0.2) is 9.13 Å². The van der Waals surface area contributed by atoms with E-state index in [1.807, 2.05) is 49.1 Å². The first-order chi connectivity index (χ1) is 21.6. The van der Waals surface area contributed by atoms with Crippen molar-refractivity contribution < 1.29 is 18.7 Å². The highest BCUT2D eigenvalue weighted by Gasteiger charge is 2.09. The van der Waals surface area contributed by atoms with Gasteiger partial charge in [0.2, 0.25) is 0 Å². The molecule has 2 N–H and O–H groups in total. The molecule has 2 heterocycles. The molecule has 0 bridgehead atoms. The number of hydrogen-bond donors (Lipinski definition) is 2. The van der Waals surface area contributed by atoms with Gasteiger partial charge < -0.3 is 10.6 Å². The molecular weight excluding hydrogens is 544 g/mol. The Morgan fingerprint density at radius 3 is 1.09 bits per heavy atom. The number of aromatic nitrogens is 2. The van der Waals surface area contributed by atoms with E-state index in [1.165, 1.54) is 116 Å². The molecule has 246 valence electrons. The largest absolute Gasteiger partial charge is 0.352 e. The number of hydrogen-bond acceptors (Lipinski definition) is 2. The van der Waals surface area contributed by atoms with Crippen molar-refractivity contribution in [3.8, 4) is 0 Å². The van der Waals surface area contributed by atoms with Crippen LogP contribution in [-0.4, -0.2) is 24.9 Å². The van der Waals surface area contributed by atoms with Crippen LogP contribution in [0, 0.1) is 0 Å². The number of aryl methyl sites for hydroxylation is 2. The number of rotatable bonds is 27. The van der Waals surface area contributed by atoms with Crippen molar-refractivity contribution >= 4 is 11.8 Å². The van der Waals surface area contributed by atoms with E-state index in [-0.39, 0.29) is 11.8 Å². The molecule has 0 spiro atoms. The zero-order chi connectivity index (χ0) is 31.5. The molecule has 6 heteroatoms. The van der Waals surface area contributed by atoms with E-state index in [0.717, 1.165) is 50.1 Å². The Morgan fingerprint density at radius 2 is 0.750 bits per heavy atom. The average molecular weight is 609 g/mol. The highest BCUT2D eigenvalue weighted by molar-refractivity contribution is 5.94. The van der Waals surface area contributed by atoms with Crippen molar-refractivity contribution in [2.75, 3.05) is 13.1 Å². The van der Waals surface area contributed by atoms with Crippen LogP contribution >= 0.6 is 0 Å². The molecule has 44 heavy (non-hydrogen) atoms. The van der Waals surface area contributed by atoms with Gasteiger partial charge in [0.1, 0.15) is 13.1 Å². The Morgan fingerprint density at radius 1 is 0.455 bits per heavy atom. The number of nitrogens with zero attached hydrogens (tertiary/aromatic N) is 2. The van der Waals surface area contributed by atoms with Crippen molar-refractivity contribution in [2.45, 2.75) is 155 Å². The summed E-state index contributed by atoms with van der Waals surface area (Å²) >= 11 is 0.